The van der Waals surface area contributed by atoms with Crippen molar-refractivity contribution in [3.05, 3.63) is 54.1 Å². The van der Waals surface area contributed by atoms with Crippen LogP contribution in [0.4, 0.5) is 4.79 Å². The Morgan fingerprint density at radius 3 is 2.38 bits per heavy atom. The van der Waals surface area contributed by atoms with Gasteiger partial charge in [0.2, 0.25) is 0 Å². The number of urea groups is 1. The van der Waals surface area contributed by atoms with Gasteiger partial charge in [0.25, 0.3) is 0 Å². The number of amides is 2. The van der Waals surface area contributed by atoms with E-state index in [1.54, 1.807) is 0 Å². The summed E-state index contributed by atoms with van der Waals surface area (Å²) in [4.78, 5) is 14.5. The maximum Gasteiger partial charge on any atom is 0.334 e. The summed E-state index contributed by atoms with van der Waals surface area (Å²) in [5.74, 6) is 1.50. The van der Waals surface area contributed by atoms with Gasteiger partial charge in [0.1, 0.15) is 5.75 Å². The van der Waals surface area contributed by atoms with Crippen LogP contribution in [0.1, 0.15) is 37.7 Å². The lowest BCUT2D eigenvalue weighted by atomic mass is 10.0. The van der Waals surface area contributed by atoms with Crippen LogP contribution in [-0.2, 0) is 0 Å². The number of nitriles is 1. The molecule has 2 saturated heterocycles. The summed E-state index contributed by atoms with van der Waals surface area (Å²) >= 11 is 0. The Kier molecular flexibility index (Phi) is 7.28. The van der Waals surface area contributed by atoms with E-state index < -0.39 is 0 Å². The molecule has 2 amide bonds. The van der Waals surface area contributed by atoms with Gasteiger partial charge in [-0.3, -0.25) is 5.01 Å². The Morgan fingerprint density at radius 2 is 1.72 bits per heavy atom. The van der Waals surface area contributed by atoms with Crippen molar-refractivity contribution in [3.63, 3.8) is 0 Å². The maximum atomic E-state index is 12.6. The van der Waals surface area contributed by atoms with Crippen LogP contribution in [0.25, 0.3) is 11.1 Å². The first-order valence-electron chi connectivity index (χ1n) is 11.6. The summed E-state index contributed by atoms with van der Waals surface area (Å²) in [6.07, 6.45) is 5.52. The number of hydrazine groups is 1. The lowest BCUT2D eigenvalue weighted by Gasteiger charge is -2.31. The molecule has 0 spiro atoms. The number of nitrogens with zero attached hydrogens (tertiary/aromatic N) is 4. The topological polar surface area (TPSA) is 59.8 Å². The summed E-state index contributed by atoms with van der Waals surface area (Å²) in [5.41, 5.74) is 2.87. The van der Waals surface area contributed by atoms with Gasteiger partial charge in [0.05, 0.1) is 18.2 Å². The van der Waals surface area contributed by atoms with E-state index in [9.17, 15) is 4.79 Å². The molecule has 0 saturated carbocycles. The van der Waals surface area contributed by atoms with Crippen molar-refractivity contribution >= 4 is 6.03 Å². The molecule has 0 bridgehead atoms. The molecule has 2 aromatic carbocycles. The quantitative estimate of drug-likeness (QED) is 0.592. The number of hydrogen-bond acceptors (Lipinski definition) is 4. The molecule has 6 nitrogen and oxygen atoms in total. The number of rotatable bonds is 7. The molecule has 0 N–H and O–H groups in total. The molecule has 0 aliphatic carbocycles. The fraction of sp³-hybridized carbons (Fsp3) is 0.462. The van der Waals surface area contributed by atoms with E-state index in [4.69, 9.17) is 10.00 Å². The zero-order valence-electron chi connectivity index (χ0n) is 18.9. The first kappa shape index (κ1) is 22.2. The SMILES string of the molecule is CN(C(=O)N1CCCC1)N1CC[C@@H](CCCOc2ccc(-c3ccc(C#N)cc3)cc2)C1. The fourth-order valence-electron chi connectivity index (χ4n) is 4.60. The zero-order chi connectivity index (χ0) is 22.3. The van der Waals surface area contributed by atoms with Crippen molar-refractivity contribution in [2.45, 2.75) is 32.1 Å². The Balaban J connectivity index is 1.17. The lowest BCUT2D eigenvalue weighted by Crippen LogP contribution is -2.48. The van der Waals surface area contributed by atoms with Crippen LogP contribution in [0.2, 0.25) is 0 Å². The van der Waals surface area contributed by atoms with Gasteiger partial charge in [0.15, 0.2) is 0 Å². The number of benzene rings is 2. The maximum absolute atomic E-state index is 12.6. The smallest absolute Gasteiger partial charge is 0.334 e. The molecule has 32 heavy (non-hydrogen) atoms. The molecule has 2 heterocycles. The van der Waals surface area contributed by atoms with Gasteiger partial charge in [-0.2, -0.15) is 5.26 Å². The van der Waals surface area contributed by atoms with E-state index in [1.807, 2.05) is 53.4 Å². The van der Waals surface area contributed by atoms with E-state index in [1.165, 1.54) is 0 Å². The largest absolute Gasteiger partial charge is 0.494 e. The first-order valence-corrected chi connectivity index (χ1v) is 11.6. The van der Waals surface area contributed by atoms with Crippen molar-refractivity contribution in [1.82, 2.24) is 14.9 Å². The molecular weight excluding hydrogens is 400 g/mol. The number of carbonyl (C=O) groups excluding carboxylic acids is 1. The van der Waals surface area contributed by atoms with E-state index in [0.717, 1.165) is 75.2 Å². The summed E-state index contributed by atoms with van der Waals surface area (Å²) in [6, 6.07) is 18.0. The van der Waals surface area contributed by atoms with Gasteiger partial charge >= 0.3 is 6.03 Å². The highest BCUT2D eigenvalue weighted by atomic mass is 16.5. The van der Waals surface area contributed by atoms with Crippen molar-refractivity contribution in [2.75, 3.05) is 39.8 Å². The van der Waals surface area contributed by atoms with Crippen molar-refractivity contribution in [2.24, 2.45) is 5.92 Å². The minimum Gasteiger partial charge on any atom is -0.494 e. The van der Waals surface area contributed by atoms with Crippen LogP contribution in [0, 0.1) is 17.2 Å². The molecule has 2 aliphatic heterocycles. The highest BCUT2D eigenvalue weighted by Crippen LogP contribution is 2.25. The predicted octanol–water partition coefficient (Wildman–Crippen LogP) is 4.77. The van der Waals surface area contributed by atoms with E-state index in [-0.39, 0.29) is 6.03 Å². The van der Waals surface area contributed by atoms with Crippen molar-refractivity contribution in [1.29, 1.82) is 5.26 Å². The predicted molar refractivity (Wildman–Crippen MR) is 125 cm³/mol. The van der Waals surface area contributed by atoms with E-state index in [0.29, 0.717) is 18.1 Å². The number of carbonyl (C=O) groups is 1. The van der Waals surface area contributed by atoms with Crippen LogP contribution in [-0.4, -0.2) is 60.8 Å². The zero-order valence-corrected chi connectivity index (χ0v) is 18.9. The molecule has 0 unspecified atom stereocenters. The Morgan fingerprint density at radius 1 is 1.06 bits per heavy atom. The average molecular weight is 433 g/mol. The van der Waals surface area contributed by atoms with Gasteiger partial charge in [-0.1, -0.05) is 24.3 Å². The highest BCUT2D eigenvalue weighted by Gasteiger charge is 2.30. The minimum atomic E-state index is 0.149. The van der Waals surface area contributed by atoms with Crippen LogP contribution in [0.5, 0.6) is 5.75 Å². The minimum absolute atomic E-state index is 0.149. The first-order chi connectivity index (χ1) is 15.6. The third-order valence-corrected chi connectivity index (χ3v) is 6.57. The molecule has 0 aromatic heterocycles. The van der Waals surface area contributed by atoms with E-state index in [2.05, 4.69) is 23.2 Å². The Bertz CT molecular complexity index is 930. The lowest BCUT2D eigenvalue weighted by molar-refractivity contribution is 0.0385. The molecular formula is C26H32N4O2. The molecule has 1 atom stereocenters. The molecule has 0 radical (unpaired) electrons. The molecule has 2 fully saturated rings. The van der Waals surface area contributed by atoms with E-state index >= 15 is 0 Å². The molecule has 2 aromatic rings. The summed E-state index contributed by atoms with van der Waals surface area (Å²) in [5, 5.41) is 13.0. The van der Waals surface area contributed by atoms with Gasteiger partial charge < -0.3 is 9.64 Å². The average Bonchev–Trinajstić information content (AvgIpc) is 3.54. The highest BCUT2D eigenvalue weighted by molar-refractivity contribution is 5.73. The second-order valence-corrected chi connectivity index (χ2v) is 8.77. The standard InChI is InChI=1S/C26H32N4O2/c1-28(26(31)29-15-2-3-16-29)30-17-14-22(20-30)5-4-18-32-25-12-10-24(11-13-25)23-8-6-21(19-27)7-9-23/h6-13,22H,2-5,14-18,20H2,1H3/t22-/m1/s1. The third kappa shape index (κ3) is 5.41. The summed E-state index contributed by atoms with van der Waals surface area (Å²) in [6.45, 7) is 4.40. The van der Waals surface area contributed by atoms with Crippen LogP contribution in [0.15, 0.2) is 48.5 Å². The summed E-state index contributed by atoms with van der Waals surface area (Å²) < 4.78 is 5.95. The Hall–Kier alpha value is -3.04. The Labute approximate surface area is 191 Å². The second-order valence-electron chi connectivity index (χ2n) is 8.77. The second kappa shape index (κ2) is 10.5. The normalized spacial score (nSPS) is 18.5. The number of likely N-dealkylation sites (tertiary alicyclic amines) is 1. The van der Waals surface area contributed by atoms with Crippen LogP contribution < -0.4 is 4.74 Å². The molecule has 4 rings (SSSR count). The van der Waals surface area contributed by atoms with Gasteiger partial charge in [-0.05, 0) is 73.4 Å². The van der Waals surface area contributed by atoms with Gasteiger partial charge in [0, 0.05) is 33.2 Å². The van der Waals surface area contributed by atoms with Crippen LogP contribution >= 0.6 is 0 Å². The van der Waals surface area contributed by atoms with Gasteiger partial charge in [-0.25, -0.2) is 9.80 Å². The summed E-state index contributed by atoms with van der Waals surface area (Å²) in [7, 11) is 1.91. The number of ether oxygens (including phenoxy) is 1. The molecule has 6 heteroatoms. The van der Waals surface area contributed by atoms with Crippen molar-refractivity contribution < 1.29 is 9.53 Å². The molecule has 2 aliphatic rings. The van der Waals surface area contributed by atoms with Crippen molar-refractivity contribution in [3.8, 4) is 22.9 Å². The third-order valence-electron chi connectivity index (χ3n) is 6.57. The van der Waals surface area contributed by atoms with Gasteiger partial charge in [-0.15, -0.1) is 0 Å². The molecule has 168 valence electrons. The number of hydrogen-bond donors (Lipinski definition) is 0. The monoisotopic (exact) mass is 432 g/mol. The fourth-order valence-corrected chi connectivity index (χ4v) is 4.60. The van der Waals surface area contributed by atoms with Crippen LogP contribution in [0.3, 0.4) is 0 Å².